The Morgan fingerprint density at radius 3 is 2.34 bits per heavy atom. The van der Waals surface area contributed by atoms with E-state index in [9.17, 15) is 19.2 Å². The van der Waals surface area contributed by atoms with Crippen molar-refractivity contribution in [2.75, 3.05) is 37.8 Å². The van der Waals surface area contributed by atoms with Crippen molar-refractivity contribution in [1.82, 2.24) is 5.32 Å². The van der Waals surface area contributed by atoms with E-state index in [0.29, 0.717) is 57.2 Å². The second kappa shape index (κ2) is 14.8. The quantitative estimate of drug-likeness (QED) is 0.201. The van der Waals surface area contributed by atoms with Gasteiger partial charge in [0.1, 0.15) is 5.92 Å². The summed E-state index contributed by atoms with van der Waals surface area (Å²) in [6, 6.07) is 17.5. The smallest absolute Gasteiger partial charge is 0.450 e. The van der Waals surface area contributed by atoms with E-state index in [1.807, 2.05) is 54.6 Å². The molecule has 38 heavy (non-hydrogen) atoms. The van der Waals surface area contributed by atoms with Crippen molar-refractivity contribution in [3.8, 4) is 0 Å². The normalized spacial score (nSPS) is 15.7. The van der Waals surface area contributed by atoms with Gasteiger partial charge in [-0.25, -0.2) is 4.79 Å². The van der Waals surface area contributed by atoms with E-state index < -0.39 is 20.8 Å². The first-order chi connectivity index (χ1) is 18.3. The highest BCUT2D eigenvalue weighted by molar-refractivity contribution is 6.59. The van der Waals surface area contributed by atoms with Gasteiger partial charge in [0.05, 0.1) is 13.2 Å². The molecule has 0 spiro atoms. The standard InChI is InChI=1S/C28H38N2O7Si/c1-3-36-38(34,37-4-2)19-9-17-29-28(33)35-18-8-12-22-13-15-24(16-14-22)30-21-26(31)25(27(30)32)20-23-10-6-5-7-11-23/h5-7,10-11,13-16,25,34H,3-4,8-9,12,17-21H2,1-2H3,(H,29,33). The van der Waals surface area contributed by atoms with Gasteiger partial charge in [-0.3, -0.25) is 9.59 Å². The molecule has 0 bridgehead atoms. The number of nitrogens with one attached hydrogen (secondary N) is 1. The van der Waals surface area contributed by atoms with Crippen LogP contribution in [0.15, 0.2) is 54.6 Å². The number of carbonyl (C=O) groups is 3. The number of ether oxygens (including phenoxy) is 1. The van der Waals surface area contributed by atoms with E-state index in [4.69, 9.17) is 13.6 Å². The van der Waals surface area contributed by atoms with E-state index in [1.54, 1.807) is 18.7 Å². The van der Waals surface area contributed by atoms with Crippen LogP contribution in [0, 0.1) is 5.92 Å². The van der Waals surface area contributed by atoms with Crippen LogP contribution in [-0.2, 0) is 36.0 Å². The number of amides is 2. The van der Waals surface area contributed by atoms with Crippen molar-refractivity contribution >= 4 is 32.3 Å². The Balaban J connectivity index is 1.35. The number of carbonyl (C=O) groups excluding carboxylic acids is 3. The van der Waals surface area contributed by atoms with Gasteiger partial charge in [-0.15, -0.1) is 0 Å². The molecule has 1 unspecified atom stereocenters. The van der Waals surface area contributed by atoms with Crippen LogP contribution < -0.4 is 10.2 Å². The van der Waals surface area contributed by atoms with Gasteiger partial charge >= 0.3 is 14.9 Å². The molecule has 0 aliphatic carbocycles. The summed E-state index contributed by atoms with van der Waals surface area (Å²) in [7, 11) is -3.16. The third-order valence-electron chi connectivity index (χ3n) is 6.32. The maximum atomic E-state index is 12.9. The molecular formula is C28H38N2O7Si. The molecule has 206 valence electrons. The molecular weight excluding hydrogens is 504 g/mol. The largest absolute Gasteiger partial charge is 0.498 e. The number of anilines is 1. The number of benzene rings is 2. The Morgan fingerprint density at radius 1 is 1.00 bits per heavy atom. The predicted octanol–water partition coefficient (Wildman–Crippen LogP) is 3.51. The van der Waals surface area contributed by atoms with Crippen molar-refractivity contribution in [3.63, 3.8) is 0 Å². The number of rotatable bonds is 15. The van der Waals surface area contributed by atoms with Crippen LogP contribution >= 0.6 is 0 Å². The van der Waals surface area contributed by atoms with Gasteiger partial charge in [0.15, 0.2) is 5.78 Å². The molecule has 1 saturated heterocycles. The summed E-state index contributed by atoms with van der Waals surface area (Å²) in [5.74, 6) is -0.850. The molecule has 2 aromatic carbocycles. The average molecular weight is 543 g/mol. The van der Waals surface area contributed by atoms with Gasteiger partial charge < -0.3 is 28.6 Å². The van der Waals surface area contributed by atoms with Crippen LogP contribution in [0.2, 0.25) is 6.04 Å². The number of hydrogen-bond donors (Lipinski definition) is 2. The highest BCUT2D eigenvalue weighted by atomic mass is 28.4. The summed E-state index contributed by atoms with van der Waals surface area (Å²) < 4.78 is 16.0. The van der Waals surface area contributed by atoms with Crippen LogP contribution in [0.1, 0.15) is 37.8 Å². The lowest BCUT2D eigenvalue weighted by Gasteiger charge is -2.22. The molecule has 0 saturated carbocycles. The zero-order valence-electron chi connectivity index (χ0n) is 22.2. The van der Waals surface area contributed by atoms with Crippen LogP contribution in [0.5, 0.6) is 0 Å². The molecule has 1 aliphatic rings. The van der Waals surface area contributed by atoms with Crippen molar-refractivity contribution < 1.29 is 32.8 Å². The van der Waals surface area contributed by atoms with Crippen molar-refractivity contribution in [1.29, 1.82) is 0 Å². The highest BCUT2D eigenvalue weighted by Gasteiger charge is 2.39. The number of ketones is 1. The van der Waals surface area contributed by atoms with Crippen LogP contribution in [0.4, 0.5) is 10.5 Å². The Kier molecular flexibility index (Phi) is 11.5. The summed E-state index contributed by atoms with van der Waals surface area (Å²) in [6.45, 7) is 5.10. The molecule has 1 heterocycles. The maximum absolute atomic E-state index is 12.9. The summed E-state index contributed by atoms with van der Waals surface area (Å²) in [4.78, 5) is 49.2. The lowest BCUT2D eigenvalue weighted by molar-refractivity contribution is -0.126. The molecule has 1 fully saturated rings. The molecule has 3 rings (SSSR count). The zero-order valence-corrected chi connectivity index (χ0v) is 23.2. The molecule has 2 N–H and O–H groups in total. The lowest BCUT2D eigenvalue weighted by Crippen LogP contribution is -2.43. The first-order valence-electron chi connectivity index (χ1n) is 13.2. The molecule has 2 aromatic rings. The first-order valence-corrected chi connectivity index (χ1v) is 15.2. The van der Waals surface area contributed by atoms with E-state index in [1.165, 1.54) is 0 Å². The number of alkyl carbamates (subject to hydrolysis) is 1. The number of hydrogen-bond acceptors (Lipinski definition) is 7. The predicted molar refractivity (Wildman–Crippen MR) is 146 cm³/mol. The SMILES string of the molecule is CCO[Si](O)(CCCNC(=O)OCCCc1ccc(N2CC(=O)C(Cc3ccccc3)C2=O)cc1)OCC. The summed E-state index contributed by atoms with van der Waals surface area (Å²) in [6.07, 6.45) is 1.81. The van der Waals surface area contributed by atoms with E-state index in [2.05, 4.69) is 5.32 Å². The van der Waals surface area contributed by atoms with Crippen LogP contribution in [-0.4, -0.2) is 64.3 Å². The summed E-state index contributed by atoms with van der Waals surface area (Å²) in [5.41, 5.74) is 2.74. The van der Waals surface area contributed by atoms with Gasteiger partial charge in [-0.2, -0.15) is 0 Å². The minimum atomic E-state index is -3.16. The third-order valence-corrected chi connectivity index (χ3v) is 8.78. The minimum Gasteiger partial charge on any atom is -0.450 e. The lowest BCUT2D eigenvalue weighted by atomic mass is 9.97. The second-order valence-corrected chi connectivity index (χ2v) is 11.7. The Hall–Kier alpha value is -3.05. The molecule has 9 nitrogen and oxygen atoms in total. The highest BCUT2D eigenvalue weighted by Crippen LogP contribution is 2.26. The fraction of sp³-hybridized carbons (Fsp3) is 0.464. The second-order valence-electron chi connectivity index (χ2n) is 9.15. The summed E-state index contributed by atoms with van der Waals surface area (Å²) >= 11 is 0. The van der Waals surface area contributed by atoms with E-state index in [-0.39, 0.29) is 24.8 Å². The molecule has 0 aromatic heterocycles. The van der Waals surface area contributed by atoms with E-state index in [0.717, 1.165) is 11.1 Å². The molecule has 1 aliphatic heterocycles. The van der Waals surface area contributed by atoms with Gasteiger partial charge in [0.25, 0.3) is 0 Å². The van der Waals surface area contributed by atoms with Crippen molar-refractivity contribution in [2.45, 2.75) is 45.6 Å². The van der Waals surface area contributed by atoms with Gasteiger partial charge in [0.2, 0.25) is 5.91 Å². The maximum Gasteiger partial charge on any atom is 0.498 e. The van der Waals surface area contributed by atoms with Crippen LogP contribution in [0.25, 0.3) is 0 Å². The molecule has 1 atom stereocenters. The monoisotopic (exact) mass is 542 g/mol. The Bertz CT molecular complexity index is 1040. The number of Topliss-reactive ketones (excluding diaryl/α,β-unsaturated/α-hetero) is 1. The fourth-order valence-corrected chi connectivity index (χ4v) is 6.31. The first kappa shape index (κ1) is 29.5. The van der Waals surface area contributed by atoms with Gasteiger partial charge in [-0.05, 0) is 62.8 Å². The molecule has 10 heteroatoms. The topological polar surface area (TPSA) is 114 Å². The molecule has 2 amide bonds. The minimum absolute atomic E-state index is 0.0558. The average Bonchev–Trinajstić information content (AvgIpc) is 3.19. The third kappa shape index (κ3) is 8.76. The summed E-state index contributed by atoms with van der Waals surface area (Å²) in [5, 5.41) is 2.68. The van der Waals surface area contributed by atoms with E-state index >= 15 is 0 Å². The number of nitrogens with zero attached hydrogens (tertiary/aromatic N) is 1. The zero-order chi connectivity index (χ0) is 27.4. The van der Waals surface area contributed by atoms with Gasteiger partial charge in [0, 0.05) is 31.5 Å². The van der Waals surface area contributed by atoms with Crippen LogP contribution in [0.3, 0.4) is 0 Å². The van der Waals surface area contributed by atoms with Crippen molar-refractivity contribution in [3.05, 3.63) is 65.7 Å². The molecule has 0 radical (unpaired) electrons. The number of aryl methyl sites for hydroxylation is 1. The Morgan fingerprint density at radius 2 is 1.68 bits per heavy atom. The van der Waals surface area contributed by atoms with Crippen molar-refractivity contribution in [2.24, 2.45) is 5.92 Å². The van der Waals surface area contributed by atoms with Gasteiger partial charge in [-0.1, -0.05) is 42.5 Å². The fourth-order valence-electron chi connectivity index (χ4n) is 4.41. The Labute approximate surface area is 225 Å².